The van der Waals surface area contributed by atoms with Gasteiger partial charge in [-0.3, -0.25) is 0 Å². The molecule has 0 saturated heterocycles. The monoisotopic (exact) mass is 265 g/mol. The maximum Gasteiger partial charge on any atom is 0.0242 e. The quantitative estimate of drug-likeness (QED) is 0.787. The fourth-order valence-corrected chi connectivity index (χ4v) is 2.69. The first-order valence-electron chi connectivity index (χ1n) is 6.76. The second-order valence-electron chi connectivity index (χ2n) is 6.34. The van der Waals surface area contributed by atoms with Gasteiger partial charge in [-0.1, -0.05) is 31.5 Å². The van der Waals surface area contributed by atoms with E-state index in [2.05, 4.69) is 71.1 Å². The van der Waals surface area contributed by atoms with Gasteiger partial charge in [-0.15, -0.1) is 11.8 Å². The van der Waals surface area contributed by atoms with E-state index < -0.39 is 0 Å². The molecule has 0 aliphatic heterocycles. The third kappa shape index (κ3) is 5.92. The normalized spacial score (nSPS) is 13.9. The summed E-state index contributed by atoms with van der Waals surface area (Å²) in [7, 11) is 0. The highest BCUT2D eigenvalue weighted by molar-refractivity contribution is 8.00. The Kier molecular flexibility index (Phi) is 5.74. The molecule has 2 heteroatoms. The van der Waals surface area contributed by atoms with Crippen LogP contribution >= 0.6 is 11.8 Å². The number of aryl methyl sites for hydroxylation is 1. The summed E-state index contributed by atoms with van der Waals surface area (Å²) in [5.41, 5.74) is 1.52. The van der Waals surface area contributed by atoms with Crippen molar-refractivity contribution in [2.75, 3.05) is 6.54 Å². The lowest BCUT2D eigenvalue weighted by Gasteiger charge is -2.27. The van der Waals surface area contributed by atoms with Gasteiger partial charge in [0.15, 0.2) is 0 Å². The van der Waals surface area contributed by atoms with Gasteiger partial charge in [0.05, 0.1) is 0 Å². The Morgan fingerprint density at radius 3 is 2.11 bits per heavy atom. The highest BCUT2D eigenvalue weighted by atomic mass is 32.2. The fourth-order valence-electron chi connectivity index (χ4n) is 1.61. The Morgan fingerprint density at radius 2 is 1.67 bits per heavy atom. The highest BCUT2D eigenvalue weighted by Gasteiger charge is 2.18. The zero-order valence-corrected chi connectivity index (χ0v) is 13.4. The first-order valence-corrected chi connectivity index (χ1v) is 7.64. The molecule has 1 atom stereocenters. The van der Waals surface area contributed by atoms with Crippen LogP contribution in [0.1, 0.15) is 40.2 Å². The molecular weight excluding hydrogens is 238 g/mol. The van der Waals surface area contributed by atoms with E-state index in [1.54, 1.807) is 0 Å². The SMILES string of the molecule is Cc1ccc(SC(CNC(C)(C)C)C(C)C)cc1. The van der Waals surface area contributed by atoms with Crippen molar-refractivity contribution in [3.8, 4) is 0 Å². The zero-order valence-electron chi connectivity index (χ0n) is 12.6. The summed E-state index contributed by atoms with van der Waals surface area (Å²) in [6, 6.07) is 8.84. The van der Waals surface area contributed by atoms with Crippen LogP contribution in [-0.4, -0.2) is 17.3 Å². The summed E-state index contributed by atoms with van der Waals surface area (Å²) >= 11 is 1.98. The van der Waals surface area contributed by atoms with E-state index in [0.29, 0.717) is 11.2 Å². The van der Waals surface area contributed by atoms with Gasteiger partial charge >= 0.3 is 0 Å². The van der Waals surface area contributed by atoms with E-state index in [4.69, 9.17) is 0 Å². The Bertz CT molecular complexity index is 348. The van der Waals surface area contributed by atoms with Crippen molar-refractivity contribution < 1.29 is 0 Å². The van der Waals surface area contributed by atoms with Gasteiger partial charge < -0.3 is 5.32 Å². The predicted octanol–water partition coefficient (Wildman–Crippen LogP) is 4.50. The first-order chi connectivity index (χ1) is 8.28. The van der Waals surface area contributed by atoms with Crippen molar-refractivity contribution in [1.82, 2.24) is 5.32 Å². The fraction of sp³-hybridized carbons (Fsp3) is 0.625. The van der Waals surface area contributed by atoms with Crippen LogP contribution in [0.2, 0.25) is 0 Å². The molecule has 0 fully saturated rings. The Balaban J connectivity index is 2.60. The minimum atomic E-state index is 0.195. The van der Waals surface area contributed by atoms with E-state index in [-0.39, 0.29) is 5.54 Å². The van der Waals surface area contributed by atoms with Gasteiger partial charge in [-0.25, -0.2) is 0 Å². The number of hydrogen-bond donors (Lipinski definition) is 1. The van der Waals surface area contributed by atoms with Crippen LogP contribution in [-0.2, 0) is 0 Å². The zero-order chi connectivity index (χ0) is 13.8. The van der Waals surface area contributed by atoms with Crippen molar-refractivity contribution in [3.05, 3.63) is 29.8 Å². The molecule has 0 amide bonds. The predicted molar refractivity (Wildman–Crippen MR) is 83.4 cm³/mol. The second-order valence-corrected chi connectivity index (χ2v) is 7.66. The van der Waals surface area contributed by atoms with Crippen LogP contribution in [0, 0.1) is 12.8 Å². The van der Waals surface area contributed by atoms with Crippen LogP contribution in [0.15, 0.2) is 29.2 Å². The smallest absolute Gasteiger partial charge is 0.0242 e. The summed E-state index contributed by atoms with van der Waals surface area (Å²) < 4.78 is 0. The lowest BCUT2D eigenvalue weighted by Crippen LogP contribution is -2.41. The van der Waals surface area contributed by atoms with Crippen LogP contribution < -0.4 is 5.32 Å². The Morgan fingerprint density at radius 1 is 1.11 bits per heavy atom. The van der Waals surface area contributed by atoms with Gasteiger partial charge in [-0.2, -0.15) is 0 Å². The van der Waals surface area contributed by atoms with E-state index in [0.717, 1.165) is 6.54 Å². The van der Waals surface area contributed by atoms with Crippen LogP contribution in [0.25, 0.3) is 0 Å². The summed E-state index contributed by atoms with van der Waals surface area (Å²) in [6.07, 6.45) is 0. The average Bonchev–Trinajstić information content (AvgIpc) is 2.25. The summed E-state index contributed by atoms with van der Waals surface area (Å²) in [5.74, 6) is 0.672. The van der Waals surface area contributed by atoms with Crippen molar-refractivity contribution >= 4 is 11.8 Å². The van der Waals surface area contributed by atoms with Gasteiger partial charge in [0.1, 0.15) is 0 Å². The summed E-state index contributed by atoms with van der Waals surface area (Å²) in [4.78, 5) is 1.37. The lowest BCUT2D eigenvalue weighted by atomic mass is 10.1. The van der Waals surface area contributed by atoms with Gasteiger partial charge in [0, 0.05) is 22.2 Å². The molecular formula is C16H27NS. The lowest BCUT2D eigenvalue weighted by molar-refractivity contribution is 0.408. The molecule has 0 saturated carbocycles. The van der Waals surface area contributed by atoms with E-state index in [9.17, 15) is 0 Å². The van der Waals surface area contributed by atoms with Crippen molar-refractivity contribution in [2.24, 2.45) is 5.92 Å². The van der Waals surface area contributed by atoms with Gasteiger partial charge in [0.25, 0.3) is 0 Å². The Hall–Kier alpha value is -0.470. The van der Waals surface area contributed by atoms with Gasteiger partial charge in [-0.05, 0) is 45.7 Å². The molecule has 0 bridgehead atoms. The third-order valence-electron chi connectivity index (χ3n) is 2.89. The minimum absolute atomic E-state index is 0.195. The van der Waals surface area contributed by atoms with Crippen LogP contribution in [0.3, 0.4) is 0 Å². The molecule has 0 aliphatic rings. The van der Waals surface area contributed by atoms with Crippen LogP contribution in [0.5, 0.6) is 0 Å². The molecule has 0 spiro atoms. The van der Waals surface area contributed by atoms with Crippen molar-refractivity contribution in [1.29, 1.82) is 0 Å². The Labute approximate surface area is 117 Å². The molecule has 1 rings (SSSR count). The molecule has 0 aliphatic carbocycles. The number of nitrogens with one attached hydrogen (secondary N) is 1. The van der Waals surface area contributed by atoms with Gasteiger partial charge in [0.2, 0.25) is 0 Å². The standard InChI is InChI=1S/C16H27NS/c1-12(2)15(11-17-16(4,5)6)18-14-9-7-13(3)8-10-14/h7-10,12,15,17H,11H2,1-6H3. The summed E-state index contributed by atoms with van der Waals surface area (Å²) in [6.45, 7) is 14.5. The maximum absolute atomic E-state index is 3.61. The number of thioether (sulfide) groups is 1. The van der Waals surface area contributed by atoms with E-state index in [1.165, 1.54) is 10.5 Å². The molecule has 1 aromatic rings. The first kappa shape index (κ1) is 15.6. The van der Waals surface area contributed by atoms with Crippen molar-refractivity contribution in [2.45, 2.75) is 57.2 Å². The molecule has 1 unspecified atom stereocenters. The molecule has 0 heterocycles. The highest BCUT2D eigenvalue weighted by Crippen LogP contribution is 2.28. The molecule has 1 N–H and O–H groups in total. The molecule has 0 aromatic heterocycles. The topological polar surface area (TPSA) is 12.0 Å². The second kappa shape index (κ2) is 6.63. The van der Waals surface area contributed by atoms with Crippen molar-refractivity contribution in [3.63, 3.8) is 0 Å². The molecule has 1 aromatic carbocycles. The molecule has 1 nitrogen and oxygen atoms in total. The molecule has 18 heavy (non-hydrogen) atoms. The maximum atomic E-state index is 3.61. The van der Waals surface area contributed by atoms with Crippen LogP contribution in [0.4, 0.5) is 0 Å². The van der Waals surface area contributed by atoms with E-state index in [1.807, 2.05) is 11.8 Å². The number of benzene rings is 1. The average molecular weight is 265 g/mol. The molecule has 0 radical (unpaired) electrons. The third-order valence-corrected chi connectivity index (χ3v) is 4.44. The number of rotatable bonds is 5. The minimum Gasteiger partial charge on any atom is -0.311 e. The number of hydrogen-bond acceptors (Lipinski definition) is 2. The molecule has 102 valence electrons. The largest absolute Gasteiger partial charge is 0.311 e. The van der Waals surface area contributed by atoms with E-state index >= 15 is 0 Å². The summed E-state index contributed by atoms with van der Waals surface area (Å²) in [5, 5.41) is 4.23.